The van der Waals surface area contributed by atoms with E-state index in [1.165, 1.54) is 10.7 Å². The van der Waals surface area contributed by atoms with E-state index in [0.29, 0.717) is 22.6 Å². The summed E-state index contributed by atoms with van der Waals surface area (Å²) in [5.41, 5.74) is -0.379. The van der Waals surface area contributed by atoms with Crippen molar-refractivity contribution in [3.8, 4) is 0 Å². The van der Waals surface area contributed by atoms with Gasteiger partial charge in [0.2, 0.25) is 11.8 Å². The number of nitrogens with zero attached hydrogens (tertiary/aromatic N) is 5. The van der Waals surface area contributed by atoms with Crippen molar-refractivity contribution >= 4 is 17.5 Å². The van der Waals surface area contributed by atoms with Gasteiger partial charge in [0.1, 0.15) is 5.69 Å². The fourth-order valence-electron chi connectivity index (χ4n) is 5.81. The fourth-order valence-corrected chi connectivity index (χ4v) is 5.81. The van der Waals surface area contributed by atoms with Gasteiger partial charge in [-0.3, -0.25) is 14.3 Å². The van der Waals surface area contributed by atoms with E-state index in [0.717, 1.165) is 26.7 Å². The highest BCUT2D eigenvalue weighted by molar-refractivity contribution is 5.92. The first-order chi connectivity index (χ1) is 20.5. The zero-order valence-electron chi connectivity index (χ0n) is 25.2. The molecule has 3 aromatic rings. The SMILES string of the molecule is CC(C)n1nccc1C(=O)N[C@H](c1cn2ncc([C@H](NC(=O)CC(C)(C)C(F)(F)F)C3CC3)cc2n1)C1CCC(F)(F)CC1. The summed E-state index contributed by atoms with van der Waals surface area (Å²) in [6, 6.07) is 2.03. The van der Waals surface area contributed by atoms with Crippen molar-refractivity contribution in [1.29, 1.82) is 0 Å². The number of hydrogen-bond donors (Lipinski definition) is 2. The molecule has 2 amide bonds. The van der Waals surface area contributed by atoms with E-state index >= 15 is 0 Å². The third-order valence-electron chi connectivity index (χ3n) is 8.73. The van der Waals surface area contributed by atoms with Crippen LogP contribution in [0.3, 0.4) is 0 Å². The molecule has 0 radical (unpaired) electrons. The highest BCUT2D eigenvalue weighted by Crippen LogP contribution is 2.44. The van der Waals surface area contributed by atoms with E-state index < -0.39 is 47.8 Å². The van der Waals surface area contributed by atoms with Crippen molar-refractivity contribution in [2.45, 2.75) is 103 Å². The Bertz CT molecular complexity index is 1500. The first kappa shape index (κ1) is 31.8. The zero-order valence-corrected chi connectivity index (χ0v) is 25.2. The molecule has 0 aliphatic heterocycles. The summed E-state index contributed by atoms with van der Waals surface area (Å²) < 4.78 is 71.4. The van der Waals surface area contributed by atoms with Crippen molar-refractivity contribution in [2.75, 3.05) is 0 Å². The molecule has 2 aliphatic carbocycles. The maximum atomic E-state index is 14.1. The molecule has 2 saturated carbocycles. The molecule has 5 rings (SSSR count). The minimum atomic E-state index is -4.53. The molecule has 0 aromatic carbocycles. The lowest BCUT2D eigenvalue weighted by Crippen LogP contribution is -2.39. The van der Waals surface area contributed by atoms with Crippen molar-refractivity contribution in [2.24, 2.45) is 17.3 Å². The van der Waals surface area contributed by atoms with Crippen LogP contribution in [0, 0.1) is 17.3 Å². The van der Waals surface area contributed by atoms with Crippen LogP contribution < -0.4 is 10.6 Å². The standard InChI is InChI=1S/C30H38F5N7O2/c1-17(2)42-22(9-12-36-42)27(44)40-26(19-7-10-29(31,32)11-8-19)21-16-41-23(38-21)13-20(15-37-41)25(18-5-6-18)39-24(43)14-28(3,4)30(33,34)35/h9,12-13,15-19,25-26H,5-8,10-11,14H2,1-4H3,(H,39,43)(H,40,44)/t25-,26+/m1/s1. The highest BCUT2D eigenvalue weighted by atomic mass is 19.4. The average molecular weight is 624 g/mol. The lowest BCUT2D eigenvalue weighted by atomic mass is 9.81. The van der Waals surface area contributed by atoms with Crippen molar-refractivity contribution < 1.29 is 31.5 Å². The Hall–Kier alpha value is -3.58. The average Bonchev–Trinajstić information content (AvgIpc) is 3.47. The Labute approximate surface area is 252 Å². The Morgan fingerprint density at radius 2 is 1.68 bits per heavy atom. The number of rotatable bonds is 10. The molecule has 2 N–H and O–H groups in total. The molecule has 3 aromatic heterocycles. The summed E-state index contributed by atoms with van der Waals surface area (Å²) in [4.78, 5) is 30.8. The summed E-state index contributed by atoms with van der Waals surface area (Å²) in [6.45, 7) is 5.78. The van der Waals surface area contributed by atoms with Crippen LogP contribution in [0.5, 0.6) is 0 Å². The van der Waals surface area contributed by atoms with E-state index in [2.05, 4.69) is 20.8 Å². The third kappa shape index (κ3) is 6.88. The lowest BCUT2D eigenvalue weighted by molar-refractivity contribution is -0.213. The number of hydrogen-bond acceptors (Lipinski definition) is 5. The van der Waals surface area contributed by atoms with Gasteiger partial charge >= 0.3 is 6.18 Å². The second-order valence-corrected chi connectivity index (χ2v) is 13.1. The Morgan fingerprint density at radius 3 is 2.30 bits per heavy atom. The van der Waals surface area contributed by atoms with Crippen LogP contribution in [0.25, 0.3) is 5.65 Å². The van der Waals surface area contributed by atoms with Gasteiger partial charge in [0.15, 0.2) is 5.65 Å². The molecular weight excluding hydrogens is 585 g/mol. The first-order valence-corrected chi connectivity index (χ1v) is 15.0. The largest absolute Gasteiger partial charge is 0.394 e. The number of imidazole rings is 1. The van der Waals surface area contributed by atoms with Crippen molar-refractivity contribution in [1.82, 2.24) is 35.0 Å². The van der Waals surface area contributed by atoms with Gasteiger partial charge in [0, 0.05) is 31.5 Å². The molecule has 3 heterocycles. The smallest absolute Gasteiger partial charge is 0.349 e. The predicted molar refractivity (Wildman–Crippen MR) is 151 cm³/mol. The van der Waals surface area contributed by atoms with Gasteiger partial charge in [-0.15, -0.1) is 0 Å². The number of aromatic nitrogens is 5. The number of amides is 2. The van der Waals surface area contributed by atoms with Crippen LogP contribution in [0.1, 0.15) is 113 Å². The number of nitrogens with one attached hydrogen (secondary N) is 2. The second kappa shape index (κ2) is 11.7. The molecule has 2 fully saturated rings. The van der Waals surface area contributed by atoms with Crippen LogP contribution >= 0.6 is 0 Å². The molecule has 14 heteroatoms. The summed E-state index contributed by atoms with van der Waals surface area (Å²) in [5.74, 6) is -4.09. The predicted octanol–water partition coefficient (Wildman–Crippen LogP) is 6.35. The summed E-state index contributed by atoms with van der Waals surface area (Å²) >= 11 is 0. The number of alkyl halides is 5. The normalized spacial score (nSPS) is 19.2. The number of carbonyl (C=O) groups is 2. The number of carbonyl (C=O) groups excluding carboxylic acids is 2. The lowest BCUT2D eigenvalue weighted by Gasteiger charge is -2.33. The minimum Gasteiger partial charge on any atom is -0.349 e. The molecule has 0 bridgehead atoms. The summed E-state index contributed by atoms with van der Waals surface area (Å²) in [6.07, 6.45) is 0.907. The van der Waals surface area contributed by atoms with Crippen molar-refractivity contribution in [3.63, 3.8) is 0 Å². The van der Waals surface area contributed by atoms with Gasteiger partial charge in [-0.25, -0.2) is 18.3 Å². The van der Waals surface area contributed by atoms with Gasteiger partial charge in [-0.2, -0.15) is 23.4 Å². The van der Waals surface area contributed by atoms with Crippen LogP contribution in [0.2, 0.25) is 0 Å². The third-order valence-corrected chi connectivity index (χ3v) is 8.73. The highest BCUT2D eigenvalue weighted by Gasteiger charge is 2.49. The monoisotopic (exact) mass is 623 g/mol. The summed E-state index contributed by atoms with van der Waals surface area (Å²) in [5, 5.41) is 14.5. The topological polar surface area (TPSA) is 106 Å². The maximum Gasteiger partial charge on any atom is 0.394 e. The summed E-state index contributed by atoms with van der Waals surface area (Å²) in [7, 11) is 0. The molecule has 2 aliphatic rings. The molecule has 0 saturated heterocycles. The molecule has 240 valence electrons. The first-order valence-electron chi connectivity index (χ1n) is 15.0. The zero-order chi connectivity index (χ0) is 32.0. The Balaban J connectivity index is 1.41. The van der Waals surface area contributed by atoms with Crippen LogP contribution in [0.4, 0.5) is 22.0 Å². The van der Waals surface area contributed by atoms with Crippen LogP contribution in [0.15, 0.2) is 30.7 Å². The van der Waals surface area contributed by atoms with Crippen LogP contribution in [-0.4, -0.2) is 48.3 Å². The van der Waals surface area contributed by atoms with Gasteiger partial charge in [-0.1, -0.05) is 13.8 Å². The minimum absolute atomic E-state index is 0.0633. The molecule has 2 atom stereocenters. The van der Waals surface area contributed by atoms with Crippen molar-refractivity contribution in [3.05, 3.63) is 47.7 Å². The van der Waals surface area contributed by atoms with E-state index in [1.807, 2.05) is 13.8 Å². The fraction of sp³-hybridized carbons (Fsp3) is 0.633. The maximum absolute atomic E-state index is 14.1. The van der Waals surface area contributed by atoms with E-state index in [9.17, 15) is 31.5 Å². The molecule has 0 unspecified atom stereocenters. The van der Waals surface area contributed by atoms with Crippen LogP contribution in [-0.2, 0) is 4.79 Å². The quantitative estimate of drug-likeness (QED) is 0.256. The van der Waals surface area contributed by atoms with Gasteiger partial charge in [0.25, 0.3) is 5.91 Å². The van der Waals surface area contributed by atoms with Gasteiger partial charge < -0.3 is 10.6 Å². The van der Waals surface area contributed by atoms with E-state index in [-0.39, 0.29) is 43.6 Å². The van der Waals surface area contributed by atoms with E-state index in [1.54, 1.807) is 29.2 Å². The second-order valence-electron chi connectivity index (χ2n) is 13.1. The van der Waals surface area contributed by atoms with E-state index in [4.69, 9.17) is 4.98 Å². The molecule has 44 heavy (non-hydrogen) atoms. The van der Waals surface area contributed by atoms with Gasteiger partial charge in [0.05, 0.1) is 35.6 Å². The Morgan fingerprint density at radius 1 is 1.02 bits per heavy atom. The number of fused-ring (bicyclic) bond motifs is 1. The number of halogens is 5. The molecule has 9 nitrogen and oxygen atoms in total. The molecular formula is C30H38F5N7O2. The van der Waals surface area contributed by atoms with Gasteiger partial charge in [-0.05, 0) is 69.1 Å². The molecule has 0 spiro atoms. The Kier molecular flexibility index (Phi) is 8.49.